The highest BCUT2D eigenvalue weighted by Crippen LogP contribution is 2.37. The molecule has 0 radical (unpaired) electrons. The zero-order valence-electron chi connectivity index (χ0n) is 12.2. The molecule has 2 rings (SSSR count). The van der Waals surface area contributed by atoms with Gasteiger partial charge in [0.2, 0.25) is 0 Å². The second kappa shape index (κ2) is 4.75. The molecule has 1 aliphatic heterocycles. The summed E-state index contributed by atoms with van der Waals surface area (Å²) in [4.78, 5) is 36.8. The number of hydrogen-bond acceptors (Lipinski definition) is 3. The van der Waals surface area contributed by atoms with Gasteiger partial charge in [0.05, 0.1) is 5.41 Å². The molecule has 0 atom stereocenters. The molecule has 1 aliphatic carbocycles. The van der Waals surface area contributed by atoms with Crippen molar-refractivity contribution in [2.75, 3.05) is 6.54 Å². The Bertz CT molecular complexity index is 450. The van der Waals surface area contributed by atoms with Crippen molar-refractivity contribution >= 4 is 17.9 Å². The van der Waals surface area contributed by atoms with Gasteiger partial charge in [-0.25, -0.2) is 4.79 Å². The fourth-order valence-corrected chi connectivity index (χ4v) is 2.88. The van der Waals surface area contributed by atoms with Crippen molar-refractivity contribution in [1.29, 1.82) is 0 Å². The molecule has 6 heteroatoms. The SMILES string of the molecule is CC1CCC2(CC1)NC(=O)N(CC(C)(C)C(=O)O)C2=O. The molecule has 0 aromatic rings. The van der Waals surface area contributed by atoms with Crippen molar-refractivity contribution in [3.63, 3.8) is 0 Å². The molecule has 1 heterocycles. The minimum Gasteiger partial charge on any atom is -0.481 e. The summed E-state index contributed by atoms with van der Waals surface area (Å²) in [6, 6.07) is -0.459. The summed E-state index contributed by atoms with van der Waals surface area (Å²) >= 11 is 0. The summed E-state index contributed by atoms with van der Waals surface area (Å²) in [6.07, 6.45) is 3.09. The van der Waals surface area contributed by atoms with E-state index in [0.29, 0.717) is 18.8 Å². The van der Waals surface area contributed by atoms with Crippen molar-refractivity contribution in [3.8, 4) is 0 Å². The minimum atomic E-state index is -1.14. The lowest BCUT2D eigenvalue weighted by atomic mass is 9.77. The van der Waals surface area contributed by atoms with Crippen LogP contribution in [0.15, 0.2) is 0 Å². The van der Waals surface area contributed by atoms with Crippen LogP contribution in [0.3, 0.4) is 0 Å². The summed E-state index contributed by atoms with van der Waals surface area (Å²) in [6.45, 7) is 5.08. The number of carboxylic acids is 1. The van der Waals surface area contributed by atoms with E-state index in [-0.39, 0.29) is 12.5 Å². The van der Waals surface area contributed by atoms with E-state index in [9.17, 15) is 14.4 Å². The molecule has 0 aromatic heterocycles. The lowest BCUT2D eigenvalue weighted by Gasteiger charge is -2.34. The topological polar surface area (TPSA) is 86.7 Å². The second-order valence-electron chi connectivity index (χ2n) is 6.78. The molecular formula is C14H22N2O4. The third-order valence-corrected chi connectivity index (χ3v) is 4.51. The monoisotopic (exact) mass is 282 g/mol. The van der Waals surface area contributed by atoms with E-state index in [1.54, 1.807) is 0 Å². The molecule has 0 unspecified atom stereocenters. The number of rotatable bonds is 3. The van der Waals surface area contributed by atoms with Crippen molar-refractivity contribution in [2.45, 2.75) is 52.0 Å². The van der Waals surface area contributed by atoms with Gasteiger partial charge in [0.1, 0.15) is 5.54 Å². The first-order valence-electron chi connectivity index (χ1n) is 7.05. The van der Waals surface area contributed by atoms with Crippen LogP contribution in [0, 0.1) is 11.3 Å². The number of hydrogen-bond donors (Lipinski definition) is 2. The van der Waals surface area contributed by atoms with Crippen LogP contribution in [0.25, 0.3) is 0 Å². The molecule has 20 heavy (non-hydrogen) atoms. The third-order valence-electron chi connectivity index (χ3n) is 4.51. The Morgan fingerprint density at radius 3 is 2.45 bits per heavy atom. The number of carboxylic acid groups (broad SMARTS) is 1. The highest BCUT2D eigenvalue weighted by Gasteiger charge is 2.53. The van der Waals surface area contributed by atoms with Gasteiger partial charge in [-0.2, -0.15) is 0 Å². The molecule has 2 N–H and O–H groups in total. The molecule has 0 aromatic carbocycles. The van der Waals surface area contributed by atoms with Gasteiger partial charge < -0.3 is 10.4 Å². The Labute approximate surface area is 118 Å². The highest BCUT2D eigenvalue weighted by molar-refractivity contribution is 6.07. The van der Waals surface area contributed by atoms with Gasteiger partial charge in [0, 0.05) is 6.54 Å². The number of amides is 3. The number of carbonyl (C=O) groups is 3. The maximum atomic E-state index is 12.5. The average molecular weight is 282 g/mol. The van der Waals surface area contributed by atoms with Crippen molar-refractivity contribution < 1.29 is 19.5 Å². The van der Waals surface area contributed by atoms with Crippen LogP contribution in [-0.2, 0) is 9.59 Å². The van der Waals surface area contributed by atoms with Crippen LogP contribution in [0.4, 0.5) is 4.79 Å². The molecule has 0 bridgehead atoms. The second-order valence-corrected chi connectivity index (χ2v) is 6.78. The van der Waals surface area contributed by atoms with Gasteiger partial charge in [-0.1, -0.05) is 6.92 Å². The van der Waals surface area contributed by atoms with Gasteiger partial charge >= 0.3 is 12.0 Å². The van der Waals surface area contributed by atoms with E-state index in [1.165, 1.54) is 13.8 Å². The predicted octanol–water partition coefficient (Wildman–Crippen LogP) is 1.60. The zero-order chi connectivity index (χ0) is 15.1. The van der Waals surface area contributed by atoms with Gasteiger partial charge in [-0.05, 0) is 45.4 Å². The van der Waals surface area contributed by atoms with Crippen LogP contribution < -0.4 is 5.32 Å². The molecule has 6 nitrogen and oxygen atoms in total. The number of imide groups is 1. The molecule has 112 valence electrons. The van der Waals surface area contributed by atoms with Gasteiger partial charge in [0.15, 0.2) is 0 Å². The number of aliphatic carboxylic acids is 1. The van der Waals surface area contributed by atoms with Gasteiger partial charge in [-0.3, -0.25) is 14.5 Å². The number of nitrogens with one attached hydrogen (secondary N) is 1. The van der Waals surface area contributed by atoms with Crippen molar-refractivity contribution in [3.05, 3.63) is 0 Å². The molecule has 3 amide bonds. The standard InChI is InChI=1S/C14H22N2O4/c1-9-4-6-14(7-5-9)10(17)16(12(20)15-14)8-13(2,3)11(18)19/h9H,4-8H2,1-3H3,(H,15,20)(H,18,19). The van der Waals surface area contributed by atoms with Gasteiger partial charge in [-0.15, -0.1) is 0 Å². The summed E-state index contributed by atoms with van der Waals surface area (Å²) < 4.78 is 0. The Morgan fingerprint density at radius 2 is 1.95 bits per heavy atom. The number of nitrogens with zero attached hydrogens (tertiary/aromatic N) is 1. The summed E-state index contributed by atoms with van der Waals surface area (Å²) in [7, 11) is 0. The van der Waals surface area contributed by atoms with Crippen LogP contribution in [0.1, 0.15) is 46.5 Å². The summed E-state index contributed by atoms with van der Waals surface area (Å²) in [5.41, 5.74) is -1.93. The molecule has 1 spiro atoms. The van der Waals surface area contributed by atoms with E-state index < -0.39 is 23.0 Å². The fourth-order valence-electron chi connectivity index (χ4n) is 2.88. The first-order chi connectivity index (χ1) is 9.18. The van der Waals surface area contributed by atoms with Crippen molar-refractivity contribution in [2.24, 2.45) is 11.3 Å². The maximum absolute atomic E-state index is 12.5. The molecule has 2 fully saturated rings. The Morgan fingerprint density at radius 1 is 1.40 bits per heavy atom. The quantitative estimate of drug-likeness (QED) is 0.770. The zero-order valence-corrected chi connectivity index (χ0v) is 12.2. The first kappa shape index (κ1) is 14.8. The Hall–Kier alpha value is -1.59. The smallest absolute Gasteiger partial charge is 0.325 e. The molecule has 2 aliphatic rings. The van der Waals surface area contributed by atoms with Crippen LogP contribution >= 0.6 is 0 Å². The number of carbonyl (C=O) groups excluding carboxylic acids is 2. The largest absolute Gasteiger partial charge is 0.481 e. The molecular weight excluding hydrogens is 260 g/mol. The minimum absolute atomic E-state index is 0.0930. The normalized spacial score (nSPS) is 30.8. The Kier molecular flexibility index (Phi) is 3.52. The first-order valence-corrected chi connectivity index (χ1v) is 7.05. The highest BCUT2D eigenvalue weighted by atomic mass is 16.4. The van der Waals surface area contributed by atoms with E-state index in [2.05, 4.69) is 12.2 Å². The van der Waals surface area contributed by atoms with Crippen LogP contribution in [0.5, 0.6) is 0 Å². The van der Waals surface area contributed by atoms with E-state index >= 15 is 0 Å². The fraction of sp³-hybridized carbons (Fsp3) is 0.786. The Balaban J connectivity index is 2.15. The summed E-state index contributed by atoms with van der Waals surface area (Å²) in [5.74, 6) is -0.713. The van der Waals surface area contributed by atoms with E-state index in [0.717, 1.165) is 17.7 Å². The van der Waals surface area contributed by atoms with Gasteiger partial charge in [0.25, 0.3) is 5.91 Å². The molecule has 1 saturated carbocycles. The van der Waals surface area contributed by atoms with E-state index in [4.69, 9.17) is 5.11 Å². The van der Waals surface area contributed by atoms with Crippen molar-refractivity contribution in [1.82, 2.24) is 10.2 Å². The van der Waals surface area contributed by atoms with E-state index in [1.807, 2.05) is 0 Å². The maximum Gasteiger partial charge on any atom is 0.325 e. The number of urea groups is 1. The lowest BCUT2D eigenvalue weighted by Crippen LogP contribution is -2.50. The van der Waals surface area contributed by atoms with Crippen LogP contribution in [0.2, 0.25) is 0 Å². The predicted molar refractivity (Wildman–Crippen MR) is 72.0 cm³/mol. The molecule has 1 saturated heterocycles. The lowest BCUT2D eigenvalue weighted by molar-refractivity contribution is -0.148. The average Bonchev–Trinajstić information content (AvgIpc) is 2.58. The third kappa shape index (κ3) is 2.39. The summed E-state index contributed by atoms with van der Waals surface area (Å²) in [5, 5.41) is 11.9. The van der Waals surface area contributed by atoms with Crippen LogP contribution in [-0.4, -0.2) is 40.0 Å².